The van der Waals surface area contributed by atoms with Crippen molar-refractivity contribution in [3.05, 3.63) is 28.7 Å². The van der Waals surface area contributed by atoms with Gasteiger partial charge < -0.3 is 15.5 Å². The number of nitrogens with two attached hydrogens (primary N) is 1. The number of hydrogen-bond acceptors (Lipinski definition) is 3. The van der Waals surface area contributed by atoms with Gasteiger partial charge in [-0.25, -0.2) is 4.79 Å². The van der Waals surface area contributed by atoms with Crippen LogP contribution in [0.3, 0.4) is 0 Å². The zero-order chi connectivity index (χ0) is 15.9. The summed E-state index contributed by atoms with van der Waals surface area (Å²) in [5.74, 6) is 0.892. The van der Waals surface area contributed by atoms with Gasteiger partial charge in [-0.3, -0.25) is 4.79 Å². The van der Waals surface area contributed by atoms with E-state index >= 15 is 0 Å². The summed E-state index contributed by atoms with van der Waals surface area (Å²) in [5, 5.41) is 0. The lowest BCUT2D eigenvalue weighted by Crippen LogP contribution is -2.39. The molecule has 120 valence electrons. The Morgan fingerprint density at radius 1 is 1.14 bits per heavy atom. The van der Waals surface area contributed by atoms with E-state index in [1.807, 2.05) is 29.2 Å². The van der Waals surface area contributed by atoms with E-state index in [9.17, 15) is 9.59 Å². The zero-order valence-corrected chi connectivity index (χ0v) is 14.7. The van der Waals surface area contributed by atoms with Gasteiger partial charge in [0, 0.05) is 47.7 Å². The fourth-order valence-corrected chi connectivity index (χ4v) is 3.86. The first kappa shape index (κ1) is 17.1. The standard InChI is InChI=1S/C15H20BrN3O2S/c16-12-4-1-2-5-13(12)22-11-6-14(20)18-7-3-8-19(10-9-18)15(17)21/h1-2,4-5H,3,6-11H2,(H2,17,21). The van der Waals surface area contributed by atoms with Crippen LogP contribution in [-0.2, 0) is 4.79 Å². The lowest BCUT2D eigenvalue weighted by Gasteiger charge is -2.21. The van der Waals surface area contributed by atoms with Crippen LogP contribution in [0.4, 0.5) is 4.79 Å². The number of amides is 3. The lowest BCUT2D eigenvalue weighted by molar-refractivity contribution is -0.130. The number of carbonyl (C=O) groups is 2. The molecule has 0 atom stereocenters. The van der Waals surface area contributed by atoms with Gasteiger partial charge in [0.05, 0.1) is 0 Å². The van der Waals surface area contributed by atoms with E-state index in [1.54, 1.807) is 16.7 Å². The third-order valence-corrected chi connectivity index (χ3v) is 5.60. The largest absolute Gasteiger partial charge is 0.351 e. The average Bonchev–Trinajstić information content (AvgIpc) is 2.75. The molecule has 3 amide bonds. The lowest BCUT2D eigenvalue weighted by atomic mass is 10.3. The van der Waals surface area contributed by atoms with Crippen LogP contribution in [0.1, 0.15) is 12.8 Å². The van der Waals surface area contributed by atoms with Gasteiger partial charge in [-0.2, -0.15) is 0 Å². The van der Waals surface area contributed by atoms with E-state index in [2.05, 4.69) is 15.9 Å². The van der Waals surface area contributed by atoms with E-state index in [1.165, 1.54) is 0 Å². The number of urea groups is 1. The van der Waals surface area contributed by atoms with Gasteiger partial charge in [-0.1, -0.05) is 12.1 Å². The molecule has 1 aromatic carbocycles. The molecular weight excluding hydrogens is 366 g/mol. The summed E-state index contributed by atoms with van der Waals surface area (Å²) in [6, 6.07) is 7.59. The summed E-state index contributed by atoms with van der Waals surface area (Å²) in [4.78, 5) is 28.0. The van der Waals surface area contributed by atoms with Crippen LogP contribution >= 0.6 is 27.7 Å². The molecule has 1 saturated heterocycles. The molecule has 7 heteroatoms. The van der Waals surface area contributed by atoms with Crippen molar-refractivity contribution in [3.8, 4) is 0 Å². The number of carbonyl (C=O) groups excluding carboxylic acids is 2. The molecule has 1 aromatic rings. The first-order valence-corrected chi connectivity index (χ1v) is 9.05. The van der Waals surface area contributed by atoms with Gasteiger partial charge in [-0.15, -0.1) is 11.8 Å². The molecule has 0 unspecified atom stereocenters. The number of primary amides is 1. The van der Waals surface area contributed by atoms with E-state index in [-0.39, 0.29) is 5.91 Å². The maximum atomic E-state index is 12.3. The highest BCUT2D eigenvalue weighted by Gasteiger charge is 2.20. The van der Waals surface area contributed by atoms with Gasteiger partial charge in [0.2, 0.25) is 5.91 Å². The number of hydrogen-bond donors (Lipinski definition) is 1. The van der Waals surface area contributed by atoms with Crippen LogP contribution in [0, 0.1) is 0 Å². The molecule has 5 nitrogen and oxygen atoms in total. The van der Waals surface area contributed by atoms with Crippen LogP contribution < -0.4 is 5.73 Å². The summed E-state index contributed by atoms with van der Waals surface area (Å²) in [6.07, 6.45) is 1.29. The van der Waals surface area contributed by atoms with Crippen LogP contribution in [0.25, 0.3) is 0 Å². The molecule has 0 spiro atoms. The number of thioether (sulfide) groups is 1. The second kappa shape index (κ2) is 8.43. The highest BCUT2D eigenvalue weighted by atomic mass is 79.9. The number of nitrogens with zero attached hydrogens (tertiary/aromatic N) is 2. The van der Waals surface area contributed by atoms with Gasteiger partial charge in [0.1, 0.15) is 0 Å². The van der Waals surface area contributed by atoms with Gasteiger partial charge in [0.25, 0.3) is 0 Å². The monoisotopic (exact) mass is 385 g/mol. The third kappa shape index (κ3) is 4.91. The second-order valence-corrected chi connectivity index (χ2v) is 7.08. The highest BCUT2D eigenvalue weighted by molar-refractivity contribution is 9.10. The summed E-state index contributed by atoms with van der Waals surface area (Å²) in [7, 11) is 0. The Morgan fingerprint density at radius 3 is 2.55 bits per heavy atom. The molecule has 1 fully saturated rings. The van der Waals surface area contributed by atoms with Crippen LogP contribution in [0.2, 0.25) is 0 Å². The molecule has 2 rings (SSSR count). The van der Waals surface area contributed by atoms with Crippen molar-refractivity contribution in [2.75, 3.05) is 31.9 Å². The SMILES string of the molecule is NC(=O)N1CCCN(C(=O)CCSc2ccccc2Br)CC1. The summed E-state index contributed by atoms with van der Waals surface area (Å²) >= 11 is 5.18. The van der Waals surface area contributed by atoms with Gasteiger partial charge >= 0.3 is 6.03 Å². The molecule has 1 aliphatic rings. The first-order chi connectivity index (χ1) is 10.6. The topological polar surface area (TPSA) is 66.6 Å². The van der Waals surface area contributed by atoms with Gasteiger partial charge in [-0.05, 0) is 34.5 Å². The van der Waals surface area contributed by atoms with E-state index < -0.39 is 6.03 Å². The number of rotatable bonds is 4. The van der Waals surface area contributed by atoms with Crippen molar-refractivity contribution in [2.45, 2.75) is 17.7 Å². The molecular formula is C15H20BrN3O2S. The van der Waals surface area contributed by atoms with E-state index in [0.717, 1.165) is 21.5 Å². The maximum absolute atomic E-state index is 12.3. The Bertz CT molecular complexity index is 541. The molecule has 2 N–H and O–H groups in total. The predicted molar refractivity (Wildman–Crippen MR) is 91.8 cm³/mol. The Morgan fingerprint density at radius 2 is 1.82 bits per heavy atom. The van der Waals surface area contributed by atoms with E-state index in [0.29, 0.717) is 32.6 Å². The Hall–Kier alpha value is -1.21. The average molecular weight is 386 g/mol. The molecule has 0 bridgehead atoms. The maximum Gasteiger partial charge on any atom is 0.314 e. The summed E-state index contributed by atoms with van der Waals surface area (Å²) in [5.41, 5.74) is 5.29. The quantitative estimate of drug-likeness (QED) is 0.809. The number of halogens is 1. The third-order valence-electron chi connectivity index (χ3n) is 3.57. The molecule has 22 heavy (non-hydrogen) atoms. The van der Waals surface area contributed by atoms with Gasteiger partial charge in [0.15, 0.2) is 0 Å². The molecule has 0 radical (unpaired) electrons. The molecule has 1 heterocycles. The minimum Gasteiger partial charge on any atom is -0.351 e. The van der Waals surface area contributed by atoms with Crippen molar-refractivity contribution >= 4 is 39.6 Å². The second-order valence-electron chi connectivity index (χ2n) is 5.09. The van der Waals surface area contributed by atoms with Crippen molar-refractivity contribution in [1.82, 2.24) is 9.80 Å². The fraction of sp³-hybridized carbons (Fsp3) is 0.467. The predicted octanol–water partition coefficient (Wildman–Crippen LogP) is 2.54. The van der Waals surface area contributed by atoms with Crippen LogP contribution in [0.5, 0.6) is 0 Å². The minimum atomic E-state index is -0.404. The highest BCUT2D eigenvalue weighted by Crippen LogP contribution is 2.27. The molecule has 0 saturated carbocycles. The van der Waals surface area contributed by atoms with Crippen LogP contribution in [0.15, 0.2) is 33.6 Å². The fourth-order valence-electron chi connectivity index (χ4n) is 2.36. The minimum absolute atomic E-state index is 0.144. The van der Waals surface area contributed by atoms with Crippen LogP contribution in [-0.4, -0.2) is 53.7 Å². The molecule has 0 aromatic heterocycles. The zero-order valence-electron chi connectivity index (χ0n) is 12.3. The Balaban J connectivity index is 1.77. The van der Waals surface area contributed by atoms with Crippen molar-refractivity contribution in [2.24, 2.45) is 5.73 Å². The van der Waals surface area contributed by atoms with E-state index in [4.69, 9.17) is 5.73 Å². The normalized spacial score (nSPS) is 15.5. The molecule has 1 aliphatic heterocycles. The van der Waals surface area contributed by atoms with Crippen molar-refractivity contribution in [1.29, 1.82) is 0 Å². The molecule has 0 aliphatic carbocycles. The summed E-state index contributed by atoms with van der Waals surface area (Å²) < 4.78 is 1.05. The Kier molecular flexibility index (Phi) is 6.57. The Labute approximate surface area is 143 Å². The summed E-state index contributed by atoms with van der Waals surface area (Å²) in [6.45, 7) is 2.42. The van der Waals surface area contributed by atoms with Crippen molar-refractivity contribution in [3.63, 3.8) is 0 Å². The van der Waals surface area contributed by atoms with Crippen molar-refractivity contribution < 1.29 is 9.59 Å². The first-order valence-electron chi connectivity index (χ1n) is 7.27. The number of benzene rings is 1. The smallest absolute Gasteiger partial charge is 0.314 e.